The van der Waals surface area contributed by atoms with Gasteiger partial charge in [-0.2, -0.15) is 10.2 Å². The molecule has 148 valence electrons. The molecule has 1 atom stereocenters. The molecule has 3 rings (SSSR count). The van der Waals surface area contributed by atoms with Crippen molar-refractivity contribution in [3.05, 3.63) is 62.6 Å². The molecular weight excluding hydrogens is 421 g/mol. The molecule has 0 aliphatic heterocycles. The molecular formula is C19H20Cl3N5O. The van der Waals surface area contributed by atoms with Crippen LogP contribution in [-0.4, -0.2) is 25.5 Å². The van der Waals surface area contributed by atoms with Gasteiger partial charge in [-0.15, -0.1) is 0 Å². The van der Waals surface area contributed by atoms with E-state index >= 15 is 0 Å². The number of rotatable bonds is 6. The minimum absolute atomic E-state index is 0.177. The van der Waals surface area contributed by atoms with Crippen molar-refractivity contribution in [2.75, 3.05) is 5.32 Å². The minimum Gasteiger partial charge on any atom is -0.321 e. The maximum atomic E-state index is 12.8. The summed E-state index contributed by atoms with van der Waals surface area (Å²) < 4.78 is 3.35. The highest BCUT2D eigenvalue weighted by atomic mass is 35.5. The van der Waals surface area contributed by atoms with Crippen LogP contribution in [0.15, 0.2) is 30.6 Å². The first-order chi connectivity index (χ1) is 13.3. The molecule has 0 aliphatic carbocycles. The first-order valence-electron chi connectivity index (χ1n) is 8.79. The van der Waals surface area contributed by atoms with Crippen LogP contribution in [0.5, 0.6) is 0 Å². The second-order valence-electron chi connectivity index (χ2n) is 6.46. The lowest BCUT2D eigenvalue weighted by Gasteiger charge is -2.16. The Kier molecular flexibility index (Phi) is 6.33. The van der Waals surface area contributed by atoms with E-state index < -0.39 is 6.04 Å². The maximum Gasteiger partial charge on any atom is 0.249 e. The Morgan fingerprint density at radius 3 is 2.46 bits per heavy atom. The largest absolute Gasteiger partial charge is 0.321 e. The number of anilines is 1. The number of hydrogen-bond acceptors (Lipinski definition) is 3. The summed E-state index contributed by atoms with van der Waals surface area (Å²) in [7, 11) is 0. The second kappa shape index (κ2) is 8.55. The Labute approximate surface area is 178 Å². The van der Waals surface area contributed by atoms with E-state index in [9.17, 15) is 4.79 Å². The van der Waals surface area contributed by atoms with Crippen LogP contribution in [0.1, 0.15) is 36.3 Å². The zero-order valence-corrected chi connectivity index (χ0v) is 18.0. The molecule has 1 aromatic carbocycles. The van der Waals surface area contributed by atoms with Gasteiger partial charge in [0.1, 0.15) is 6.04 Å². The van der Waals surface area contributed by atoms with Crippen LogP contribution in [0.25, 0.3) is 0 Å². The van der Waals surface area contributed by atoms with Crippen molar-refractivity contribution in [3.63, 3.8) is 0 Å². The van der Waals surface area contributed by atoms with E-state index in [1.165, 1.54) is 6.20 Å². The van der Waals surface area contributed by atoms with Gasteiger partial charge in [0, 0.05) is 21.8 Å². The van der Waals surface area contributed by atoms with E-state index in [1.807, 2.05) is 20.8 Å². The van der Waals surface area contributed by atoms with Gasteiger partial charge in [0.2, 0.25) is 5.91 Å². The zero-order chi connectivity index (χ0) is 20.4. The smallest absolute Gasteiger partial charge is 0.249 e. The molecule has 0 radical (unpaired) electrons. The van der Waals surface area contributed by atoms with Crippen molar-refractivity contribution in [2.24, 2.45) is 0 Å². The van der Waals surface area contributed by atoms with Crippen LogP contribution in [0.4, 0.5) is 5.69 Å². The van der Waals surface area contributed by atoms with Gasteiger partial charge in [0.05, 0.1) is 34.8 Å². The van der Waals surface area contributed by atoms with Gasteiger partial charge < -0.3 is 5.32 Å². The number of halogens is 3. The zero-order valence-electron chi connectivity index (χ0n) is 15.7. The molecule has 0 saturated heterocycles. The van der Waals surface area contributed by atoms with E-state index in [4.69, 9.17) is 34.8 Å². The van der Waals surface area contributed by atoms with E-state index in [2.05, 4.69) is 15.5 Å². The number of aryl methyl sites for hydroxylation is 1. The van der Waals surface area contributed by atoms with Gasteiger partial charge in [-0.1, -0.05) is 47.8 Å². The molecule has 1 amide bonds. The van der Waals surface area contributed by atoms with Crippen LogP contribution in [-0.2, 0) is 11.3 Å². The first kappa shape index (κ1) is 20.7. The summed E-state index contributed by atoms with van der Waals surface area (Å²) in [5.41, 5.74) is 2.98. The standard InChI is InChI=1S/C19H20Cl3N5O/c1-4-17(27-9-13(20)8-23-27)19(28)24-18-11(2)25-26(12(18)3)10-14-15(21)6-5-7-16(14)22/h5-9,17H,4,10H2,1-3H3,(H,24,28). The first-order valence-corrected chi connectivity index (χ1v) is 9.92. The molecule has 2 heterocycles. The molecule has 2 aromatic heterocycles. The average molecular weight is 441 g/mol. The number of hydrogen-bond donors (Lipinski definition) is 1. The van der Waals surface area contributed by atoms with Gasteiger partial charge >= 0.3 is 0 Å². The third-order valence-corrected chi connectivity index (χ3v) is 5.48. The average Bonchev–Trinajstić information content (AvgIpc) is 3.17. The fraction of sp³-hybridized carbons (Fsp3) is 0.316. The van der Waals surface area contributed by atoms with Gasteiger partial charge in [-0.05, 0) is 32.4 Å². The monoisotopic (exact) mass is 439 g/mol. The lowest BCUT2D eigenvalue weighted by atomic mass is 10.2. The quantitative estimate of drug-likeness (QED) is 0.566. The molecule has 3 aromatic rings. The molecule has 1 unspecified atom stereocenters. The van der Waals surface area contributed by atoms with E-state index in [0.29, 0.717) is 39.4 Å². The lowest BCUT2D eigenvalue weighted by molar-refractivity contribution is -0.119. The fourth-order valence-electron chi connectivity index (χ4n) is 3.05. The van der Waals surface area contributed by atoms with Gasteiger partial charge in [-0.25, -0.2) is 0 Å². The van der Waals surface area contributed by atoms with Crippen molar-refractivity contribution in [3.8, 4) is 0 Å². The topological polar surface area (TPSA) is 64.7 Å². The summed E-state index contributed by atoms with van der Waals surface area (Å²) in [5.74, 6) is -0.177. The number of nitrogens with zero attached hydrogens (tertiary/aromatic N) is 4. The second-order valence-corrected chi connectivity index (χ2v) is 7.71. The summed E-state index contributed by atoms with van der Waals surface area (Å²) in [6.45, 7) is 6.07. The Hall–Kier alpha value is -2.02. The Morgan fingerprint density at radius 2 is 1.89 bits per heavy atom. The molecule has 6 nitrogen and oxygen atoms in total. The van der Waals surface area contributed by atoms with Crippen LogP contribution in [0.3, 0.4) is 0 Å². The Balaban J connectivity index is 1.84. The molecule has 0 aliphatic rings. The molecule has 0 bridgehead atoms. The van der Waals surface area contributed by atoms with Crippen LogP contribution >= 0.6 is 34.8 Å². The number of amides is 1. The van der Waals surface area contributed by atoms with Crippen molar-refractivity contribution in [2.45, 2.75) is 39.8 Å². The highest BCUT2D eigenvalue weighted by molar-refractivity contribution is 6.36. The van der Waals surface area contributed by atoms with Crippen molar-refractivity contribution in [1.82, 2.24) is 19.6 Å². The highest BCUT2D eigenvalue weighted by Crippen LogP contribution is 2.28. The SMILES string of the molecule is CCC(C(=O)Nc1c(C)nn(Cc2c(Cl)cccc2Cl)c1C)n1cc(Cl)cn1. The lowest BCUT2D eigenvalue weighted by Crippen LogP contribution is -2.26. The van der Waals surface area contributed by atoms with Crippen molar-refractivity contribution < 1.29 is 4.79 Å². The van der Waals surface area contributed by atoms with Crippen molar-refractivity contribution in [1.29, 1.82) is 0 Å². The van der Waals surface area contributed by atoms with Gasteiger partial charge in [0.15, 0.2) is 0 Å². The third kappa shape index (κ3) is 4.19. The summed E-state index contributed by atoms with van der Waals surface area (Å²) in [5, 5.41) is 13.3. The Bertz CT molecular complexity index is 991. The maximum absolute atomic E-state index is 12.8. The van der Waals surface area contributed by atoms with E-state index in [-0.39, 0.29) is 5.91 Å². The van der Waals surface area contributed by atoms with E-state index in [1.54, 1.807) is 33.8 Å². The molecule has 0 saturated carbocycles. The van der Waals surface area contributed by atoms with Crippen LogP contribution in [0, 0.1) is 13.8 Å². The van der Waals surface area contributed by atoms with E-state index in [0.717, 1.165) is 11.3 Å². The predicted octanol–water partition coefficient (Wildman–Crippen LogP) is 5.29. The fourth-order valence-corrected chi connectivity index (χ4v) is 3.71. The summed E-state index contributed by atoms with van der Waals surface area (Å²) >= 11 is 18.5. The normalized spacial score (nSPS) is 12.2. The van der Waals surface area contributed by atoms with Gasteiger partial charge in [0.25, 0.3) is 0 Å². The summed E-state index contributed by atoms with van der Waals surface area (Å²) in [6, 6.07) is 4.91. The highest BCUT2D eigenvalue weighted by Gasteiger charge is 2.23. The predicted molar refractivity (Wildman–Crippen MR) is 112 cm³/mol. The van der Waals surface area contributed by atoms with Crippen LogP contribution in [0.2, 0.25) is 15.1 Å². The van der Waals surface area contributed by atoms with Gasteiger partial charge in [-0.3, -0.25) is 14.2 Å². The molecule has 1 N–H and O–H groups in total. The third-order valence-electron chi connectivity index (χ3n) is 4.58. The Morgan fingerprint density at radius 1 is 1.21 bits per heavy atom. The summed E-state index contributed by atoms with van der Waals surface area (Å²) in [6.07, 6.45) is 3.72. The van der Waals surface area contributed by atoms with Crippen molar-refractivity contribution >= 4 is 46.4 Å². The number of benzene rings is 1. The summed E-state index contributed by atoms with van der Waals surface area (Å²) in [4.78, 5) is 12.8. The molecule has 28 heavy (non-hydrogen) atoms. The number of carbonyl (C=O) groups excluding carboxylic acids is 1. The van der Waals surface area contributed by atoms with Crippen LogP contribution < -0.4 is 5.32 Å². The number of aromatic nitrogens is 4. The number of carbonyl (C=O) groups is 1. The molecule has 9 heteroatoms. The number of nitrogens with one attached hydrogen (secondary N) is 1. The minimum atomic E-state index is -0.465. The molecule has 0 fully saturated rings. The molecule has 0 spiro atoms.